The summed E-state index contributed by atoms with van der Waals surface area (Å²) in [5.41, 5.74) is 0.828. The van der Waals surface area contributed by atoms with Gasteiger partial charge in [0.1, 0.15) is 0 Å². The Morgan fingerprint density at radius 3 is 2.85 bits per heavy atom. The highest BCUT2D eigenvalue weighted by Gasteiger charge is 2.14. The van der Waals surface area contributed by atoms with Gasteiger partial charge in [0, 0.05) is 19.2 Å². The first-order valence-electron chi connectivity index (χ1n) is 6.17. The molecule has 0 spiro atoms. The lowest BCUT2D eigenvalue weighted by Crippen LogP contribution is -2.24. The first-order valence-corrected chi connectivity index (χ1v) is 7.53. The van der Waals surface area contributed by atoms with E-state index in [0.29, 0.717) is 28.3 Å². The molecule has 0 radical (unpaired) electrons. The monoisotopic (exact) mass is 310 g/mol. The van der Waals surface area contributed by atoms with Gasteiger partial charge in [0.2, 0.25) is 5.91 Å². The van der Waals surface area contributed by atoms with E-state index in [4.69, 9.17) is 11.6 Å². The van der Waals surface area contributed by atoms with Crippen LogP contribution in [-0.2, 0) is 11.8 Å². The quantitative estimate of drug-likeness (QED) is 0.861. The number of hydrogen-bond donors (Lipinski definition) is 1. The fraction of sp³-hybridized carbons (Fsp3) is 0.308. The molecule has 2 aromatic rings. The zero-order valence-corrected chi connectivity index (χ0v) is 12.8. The number of benzene rings is 1. The van der Waals surface area contributed by atoms with Crippen LogP contribution >= 0.6 is 23.4 Å². The molecule has 106 valence electrons. The highest BCUT2D eigenvalue weighted by molar-refractivity contribution is 7.99. The number of rotatable bonds is 5. The van der Waals surface area contributed by atoms with Gasteiger partial charge in [-0.1, -0.05) is 35.5 Å². The van der Waals surface area contributed by atoms with E-state index < -0.39 is 0 Å². The molecule has 0 saturated heterocycles. The maximum Gasteiger partial charge on any atom is 0.230 e. The van der Waals surface area contributed by atoms with Crippen LogP contribution in [0.4, 0.5) is 0 Å². The number of halogens is 1. The minimum absolute atomic E-state index is 0.0141. The SMILES string of the molecule is CCNC(=O)CSc1nnc(-c2ccccc2Cl)n1C. The molecule has 0 saturated carbocycles. The largest absolute Gasteiger partial charge is 0.356 e. The predicted octanol–water partition coefficient (Wildman–Crippen LogP) is 2.36. The highest BCUT2D eigenvalue weighted by atomic mass is 35.5. The Bertz CT molecular complexity index is 614. The number of carbonyl (C=O) groups is 1. The summed E-state index contributed by atoms with van der Waals surface area (Å²) in [5, 5.41) is 12.3. The normalized spacial score (nSPS) is 10.6. The van der Waals surface area contributed by atoms with E-state index in [1.54, 1.807) is 0 Å². The van der Waals surface area contributed by atoms with Crippen LogP contribution in [0.3, 0.4) is 0 Å². The number of nitrogens with zero attached hydrogens (tertiary/aromatic N) is 3. The van der Waals surface area contributed by atoms with E-state index >= 15 is 0 Å². The maximum absolute atomic E-state index is 11.4. The lowest BCUT2D eigenvalue weighted by molar-refractivity contribution is -0.118. The van der Waals surface area contributed by atoms with Gasteiger partial charge >= 0.3 is 0 Å². The van der Waals surface area contributed by atoms with E-state index in [1.807, 2.05) is 42.8 Å². The Balaban J connectivity index is 2.15. The van der Waals surface area contributed by atoms with Crippen molar-refractivity contribution in [1.29, 1.82) is 0 Å². The second-order valence-corrected chi connectivity index (χ2v) is 5.44. The fourth-order valence-electron chi connectivity index (χ4n) is 1.70. The molecule has 0 aliphatic heterocycles. The van der Waals surface area contributed by atoms with Gasteiger partial charge in [0.25, 0.3) is 0 Å². The maximum atomic E-state index is 11.4. The van der Waals surface area contributed by atoms with Gasteiger partial charge in [-0.05, 0) is 19.1 Å². The van der Waals surface area contributed by atoms with Gasteiger partial charge in [-0.3, -0.25) is 4.79 Å². The molecule has 0 aliphatic rings. The number of nitrogens with one attached hydrogen (secondary N) is 1. The second-order valence-electron chi connectivity index (χ2n) is 4.09. The molecule has 0 bridgehead atoms. The Morgan fingerprint density at radius 2 is 2.15 bits per heavy atom. The van der Waals surface area contributed by atoms with Gasteiger partial charge in [-0.2, -0.15) is 0 Å². The molecular weight excluding hydrogens is 296 g/mol. The summed E-state index contributed by atoms with van der Waals surface area (Å²) in [7, 11) is 1.86. The van der Waals surface area contributed by atoms with E-state index in [0.717, 1.165) is 5.56 Å². The third kappa shape index (κ3) is 3.32. The van der Waals surface area contributed by atoms with Crippen LogP contribution in [0.25, 0.3) is 11.4 Å². The van der Waals surface area contributed by atoms with Crippen molar-refractivity contribution in [2.24, 2.45) is 7.05 Å². The second kappa shape index (κ2) is 6.76. The minimum atomic E-state index is -0.0141. The van der Waals surface area contributed by atoms with E-state index in [1.165, 1.54) is 11.8 Å². The first kappa shape index (κ1) is 14.9. The van der Waals surface area contributed by atoms with Crippen molar-refractivity contribution in [3.05, 3.63) is 29.3 Å². The average Bonchev–Trinajstić information content (AvgIpc) is 2.79. The number of aromatic nitrogens is 3. The molecule has 0 unspecified atom stereocenters. The molecule has 20 heavy (non-hydrogen) atoms. The number of hydrogen-bond acceptors (Lipinski definition) is 4. The summed E-state index contributed by atoms with van der Waals surface area (Å²) in [6.45, 7) is 2.52. The van der Waals surface area contributed by atoms with Crippen LogP contribution in [0.2, 0.25) is 5.02 Å². The van der Waals surface area contributed by atoms with Crippen molar-refractivity contribution in [2.45, 2.75) is 12.1 Å². The number of thioether (sulfide) groups is 1. The number of amides is 1. The van der Waals surface area contributed by atoms with Crippen LogP contribution in [0.5, 0.6) is 0 Å². The molecule has 7 heteroatoms. The minimum Gasteiger partial charge on any atom is -0.356 e. The van der Waals surface area contributed by atoms with Crippen molar-refractivity contribution in [1.82, 2.24) is 20.1 Å². The molecule has 2 rings (SSSR count). The summed E-state index contributed by atoms with van der Waals surface area (Å²) >= 11 is 7.51. The van der Waals surface area contributed by atoms with Crippen molar-refractivity contribution in [2.75, 3.05) is 12.3 Å². The topological polar surface area (TPSA) is 59.8 Å². The van der Waals surface area contributed by atoms with Crippen LogP contribution in [0, 0.1) is 0 Å². The Kier molecular flexibility index (Phi) is 5.03. The fourth-order valence-corrected chi connectivity index (χ4v) is 2.66. The Hall–Kier alpha value is -1.53. The average molecular weight is 311 g/mol. The molecule has 1 amide bonds. The van der Waals surface area contributed by atoms with E-state index in [2.05, 4.69) is 15.5 Å². The highest BCUT2D eigenvalue weighted by Crippen LogP contribution is 2.28. The summed E-state index contributed by atoms with van der Waals surface area (Å²) < 4.78 is 1.84. The van der Waals surface area contributed by atoms with Gasteiger partial charge < -0.3 is 9.88 Å². The van der Waals surface area contributed by atoms with Crippen molar-refractivity contribution < 1.29 is 4.79 Å². The third-order valence-electron chi connectivity index (χ3n) is 2.66. The molecule has 0 aliphatic carbocycles. The molecule has 0 atom stereocenters. The molecule has 5 nitrogen and oxygen atoms in total. The summed E-state index contributed by atoms with van der Waals surface area (Å²) in [6.07, 6.45) is 0. The summed E-state index contributed by atoms with van der Waals surface area (Å²) in [6, 6.07) is 7.47. The molecule has 1 aromatic carbocycles. The zero-order chi connectivity index (χ0) is 14.5. The smallest absolute Gasteiger partial charge is 0.230 e. The van der Waals surface area contributed by atoms with Gasteiger partial charge in [0.05, 0.1) is 10.8 Å². The number of carbonyl (C=O) groups excluding carboxylic acids is 1. The summed E-state index contributed by atoms with van der Waals surface area (Å²) in [4.78, 5) is 11.4. The third-order valence-corrected chi connectivity index (χ3v) is 4.01. The zero-order valence-electron chi connectivity index (χ0n) is 11.3. The molecule has 0 fully saturated rings. The van der Waals surface area contributed by atoms with Crippen LogP contribution in [0.15, 0.2) is 29.4 Å². The predicted molar refractivity (Wildman–Crippen MR) is 80.9 cm³/mol. The Labute approximate surface area is 126 Å². The Morgan fingerprint density at radius 1 is 1.40 bits per heavy atom. The lowest BCUT2D eigenvalue weighted by atomic mass is 10.2. The molecule has 1 heterocycles. The first-order chi connectivity index (χ1) is 9.63. The van der Waals surface area contributed by atoms with E-state index in [-0.39, 0.29) is 5.91 Å². The molecular formula is C13H15ClN4OS. The van der Waals surface area contributed by atoms with Crippen molar-refractivity contribution in [3.63, 3.8) is 0 Å². The van der Waals surface area contributed by atoms with Gasteiger partial charge in [-0.15, -0.1) is 10.2 Å². The molecule has 1 N–H and O–H groups in total. The lowest BCUT2D eigenvalue weighted by Gasteiger charge is -2.05. The van der Waals surface area contributed by atoms with Crippen LogP contribution < -0.4 is 5.32 Å². The standard InChI is InChI=1S/C13H15ClN4OS/c1-3-15-11(19)8-20-13-17-16-12(18(13)2)9-6-4-5-7-10(9)14/h4-7H,3,8H2,1-2H3,(H,15,19). The van der Waals surface area contributed by atoms with Gasteiger partial charge in [-0.25, -0.2) is 0 Å². The summed E-state index contributed by atoms with van der Waals surface area (Å²) in [5.74, 6) is 0.997. The van der Waals surface area contributed by atoms with Gasteiger partial charge in [0.15, 0.2) is 11.0 Å². The van der Waals surface area contributed by atoms with E-state index in [9.17, 15) is 4.79 Å². The molecule has 1 aromatic heterocycles. The van der Waals surface area contributed by atoms with Crippen LogP contribution in [-0.4, -0.2) is 33.0 Å². The van der Waals surface area contributed by atoms with Crippen molar-refractivity contribution >= 4 is 29.3 Å². The van der Waals surface area contributed by atoms with Crippen molar-refractivity contribution in [3.8, 4) is 11.4 Å². The van der Waals surface area contributed by atoms with Crippen LogP contribution in [0.1, 0.15) is 6.92 Å².